The van der Waals surface area contributed by atoms with Crippen molar-refractivity contribution in [3.63, 3.8) is 0 Å². The number of nitrogens with zero attached hydrogens (tertiary/aromatic N) is 2. The highest BCUT2D eigenvalue weighted by Crippen LogP contribution is 2.39. The molecule has 1 amide bonds. The second-order valence-electron chi connectivity index (χ2n) is 8.61. The number of carbonyl (C=O) groups is 1. The SMILES string of the molecule is CCc1ccc(C2CNCCN2C(=O)CC2(N3CCOCC3)CCCC2)cc1.Cl.Cl. The van der Waals surface area contributed by atoms with Crippen LogP contribution < -0.4 is 5.32 Å². The third-order valence-corrected chi connectivity index (χ3v) is 7.03. The van der Waals surface area contributed by atoms with E-state index in [4.69, 9.17) is 4.74 Å². The standard InChI is InChI=1S/C23H35N3O2.2ClH/c1-2-19-5-7-20(8-6-19)21-18-24-11-12-26(21)22(27)17-23(9-3-4-10-23)25-13-15-28-16-14-25;;/h5-8,21,24H,2-4,9-18H2,1H3;2*1H. The number of hydrogen-bond donors (Lipinski definition) is 1. The van der Waals surface area contributed by atoms with Crippen LogP contribution in [-0.2, 0) is 16.0 Å². The first-order chi connectivity index (χ1) is 13.7. The van der Waals surface area contributed by atoms with Gasteiger partial charge < -0.3 is 15.0 Å². The highest BCUT2D eigenvalue weighted by molar-refractivity contribution is 5.85. The predicted molar refractivity (Wildman–Crippen MR) is 126 cm³/mol. The molecule has 1 aromatic rings. The molecule has 170 valence electrons. The van der Waals surface area contributed by atoms with Gasteiger partial charge in [-0.15, -0.1) is 24.8 Å². The Bertz CT molecular complexity index is 659. The van der Waals surface area contributed by atoms with Gasteiger partial charge in [0.2, 0.25) is 5.91 Å². The number of nitrogens with one attached hydrogen (secondary N) is 1. The second kappa shape index (κ2) is 11.7. The van der Waals surface area contributed by atoms with Crippen molar-refractivity contribution in [1.29, 1.82) is 0 Å². The number of benzene rings is 1. The molecule has 7 heteroatoms. The van der Waals surface area contributed by atoms with Crippen molar-refractivity contribution in [1.82, 2.24) is 15.1 Å². The lowest BCUT2D eigenvalue weighted by Gasteiger charge is -2.45. The Labute approximate surface area is 193 Å². The molecule has 2 saturated heterocycles. The fourth-order valence-electron chi connectivity index (χ4n) is 5.33. The van der Waals surface area contributed by atoms with Gasteiger partial charge in [0.05, 0.1) is 19.3 Å². The van der Waals surface area contributed by atoms with Crippen LogP contribution in [0.15, 0.2) is 24.3 Å². The van der Waals surface area contributed by atoms with Crippen LogP contribution in [0.1, 0.15) is 56.2 Å². The van der Waals surface area contributed by atoms with Crippen molar-refractivity contribution < 1.29 is 9.53 Å². The number of amides is 1. The van der Waals surface area contributed by atoms with Crippen molar-refractivity contribution in [2.75, 3.05) is 45.9 Å². The van der Waals surface area contributed by atoms with Gasteiger partial charge in [0.1, 0.15) is 0 Å². The van der Waals surface area contributed by atoms with Crippen LogP contribution in [0.5, 0.6) is 0 Å². The van der Waals surface area contributed by atoms with Gasteiger partial charge in [-0.1, -0.05) is 44.0 Å². The molecule has 1 atom stereocenters. The van der Waals surface area contributed by atoms with Gasteiger partial charge in [-0.05, 0) is 30.4 Å². The highest BCUT2D eigenvalue weighted by Gasteiger charge is 2.43. The van der Waals surface area contributed by atoms with Crippen LogP contribution in [0.4, 0.5) is 0 Å². The average Bonchev–Trinajstić information content (AvgIpc) is 3.24. The molecule has 30 heavy (non-hydrogen) atoms. The fourth-order valence-corrected chi connectivity index (χ4v) is 5.33. The van der Waals surface area contributed by atoms with Gasteiger partial charge in [-0.2, -0.15) is 0 Å². The van der Waals surface area contributed by atoms with E-state index in [2.05, 4.69) is 46.3 Å². The molecule has 1 N–H and O–H groups in total. The summed E-state index contributed by atoms with van der Waals surface area (Å²) >= 11 is 0. The average molecular weight is 458 g/mol. The molecular formula is C23H37Cl2N3O2. The zero-order valence-electron chi connectivity index (χ0n) is 18.1. The first-order valence-corrected chi connectivity index (χ1v) is 11.1. The summed E-state index contributed by atoms with van der Waals surface area (Å²) in [5.74, 6) is 0.333. The minimum absolute atomic E-state index is 0. The summed E-state index contributed by atoms with van der Waals surface area (Å²) in [5, 5.41) is 3.49. The topological polar surface area (TPSA) is 44.8 Å². The zero-order chi connectivity index (χ0) is 19.4. The number of piperazine rings is 1. The molecule has 3 fully saturated rings. The van der Waals surface area contributed by atoms with E-state index >= 15 is 0 Å². The summed E-state index contributed by atoms with van der Waals surface area (Å²) in [6.45, 7) is 8.26. The number of halogens is 2. The molecule has 2 heterocycles. The summed E-state index contributed by atoms with van der Waals surface area (Å²) < 4.78 is 5.57. The molecule has 0 bridgehead atoms. The Kier molecular flexibility index (Phi) is 9.89. The molecule has 1 unspecified atom stereocenters. The van der Waals surface area contributed by atoms with E-state index in [-0.39, 0.29) is 36.4 Å². The lowest BCUT2D eigenvalue weighted by atomic mass is 9.89. The maximum absolute atomic E-state index is 13.5. The van der Waals surface area contributed by atoms with Crippen LogP contribution in [0, 0.1) is 0 Å². The number of aryl methyl sites for hydroxylation is 1. The van der Waals surface area contributed by atoms with E-state index in [9.17, 15) is 4.79 Å². The summed E-state index contributed by atoms with van der Waals surface area (Å²) in [4.78, 5) is 18.3. The Morgan fingerprint density at radius 3 is 2.40 bits per heavy atom. The molecule has 0 aromatic heterocycles. The quantitative estimate of drug-likeness (QED) is 0.733. The lowest BCUT2D eigenvalue weighted by Crippen LogP contribution is -2.56. The van der Waals surface area contributed by atoms with Crippen LogP contribution in [0.25, 0.3) is 0 Å². The smallest absolute Gasteiger partial charge is 0.225 e. The third kappa shape index (κ3) is 5.49. The number of ether oxygens (including phenoxy) is 1. The number of morpholine rings is 1. The van der Waals surface area contributed by atoms with E-state index in [0.717, 1.165) is 65.2 Å². The maximum atomic E-state index is 13.5. The Hall–Kier alpha value is -0.850. The molecule has 1 saturated carbocycles. The zero-order valence-corrected chi connectivity index (χ0v) is 19.7. The van der Waals surface area contributed by atoms with Gasteiger partial charge in [0, 0.05) is 44.7 Å². The van der Waals surface area contributed by atoms with Crippen molar-refractivity contribution >= 4 is 30.7 Å². The minimum Gasteiger partial charge on any atom is -0.379 e. The molecule has 0 radical (unpaired) electrons. The number of carbonyl (C=O) groups excluding carboxylic acids is 1. The van der Waals surface area contributed by atoms with Crippen molar-refractivity contribution in [3.8, 4) is 0 Å². The second-order valence-corrected chi connectivity index (χ2v) is 8.61. The molecule has 5 nitrogen and oxygen atoms in total. The van der Waals surface area contributed by atoms with Gasteiger partial charge in [0.25, 0.3) is 0 Å². The predicted octanol–water partition coefficient (Wildman–Crippen LogP) is 3.60. The first kappa shape index (κ1) is 25.4. The Balaban J connectivity index is 0.00000160. The summed E-state index contributed by atoms with van der Waals surface area (Å²) in [6.07, 6.45) is 6.51. The van der Waals surface area contributed by atoms with Crippen molar-refractivity contribution in [2.24, 2.45) is 0 Å². The van der Waals surface area contributed by atoms with Gasteiger partial charge in [-0.25, -0.2) is 0 Å². The van der Waals surface area contributed by atoms with E-state index in [0.29, 0.717) is 12.3 Å². The highest BCUT2D eigenvalue weighted by atomic mass is 35.5. The van der Waals surface area contributed by atoms with Gasteiger partial charge in [0.15, 0.2) is 0 Å². The number of hydrogen-bond acceptors (Lipinski definition) is 4. The Morgan fingerprint density at radius 2 is 1.77 bits per heavy atom. The monoisotopic (exact) mass is 457 g/mol. The lowest BCUT2D eigenvalue weighted by molar-refractivity contribution is -0.139. The molecule has 3 aliphatic rings. The summed E-state index contributed by atoms with van der Waals surface area (Å²) in [7, 11) is 0. The van der Waals surface area contributed by atoms with Gasteiger partial charge >= 0.3 is 0 Å². The van der Waals surface area contributed by atoms with Crippen molar-refractivity contribution in [2.45, 2.75) is 57.0 Å². The minimum atomic E-state index is 0. The molecule has 1 aliphatic carbocycles. The third-order valence-electron chi connectivity index (χ3n) is 7.03. The first-order valence-electron chi connectivity index (χ1n) is 11.1. The molecule has 0 spiro atoms. The molecule has 2 aliphatic heterocycles. The normalized spacial score (nSPS) is 24.0. The van der Waals surface area contributed by atoms with Crippen LogP contribution >= 0.6 is 24.8 Å². The largest absolute Gasteiger partial charge is 0.379 e. The Morgan fingerprint density at radius 1 is 1.10 bits per heavy atom. The van der Waals surface area contributed by atoms with E-state index in [1.54, 1.807) is 0 Å². The van der Waals surface area contributed by atoms with E-state index in [1.807, 2.05) is 0 Å². The summed E-state index contributed by atoms with van der Waals surface area (Å²) in [6, 6.07) is 8.99. The van der Waals surface area contributed by atoms with E-state index in [1.165, 1.54) is 24.0 Å². The molecule has 1 aromatic carbocycles. The van der Waals surface area contributed by atoms with Crippen LogP contribution in [0.2, 0.25) is 0 Å². The van der Waals surface area contributed by atoms with Crippen LogP contribution in [-0.4, -0.2) is 67.2 Å². The van der Waals surface area contributed by atoms with E-state index < -0.39 is 0 Å². The summed E-state index contributed by atoms with van der Waals surface area (Å²) in [5.41, 5.74) is 2.66. The number of rotatable bonds is 5. The van der Waals surface area contributed by atoms with Gasteiger partial charge in [-0.3, -0.25) is 9.69 Å². The maximum Gasteiger partial charge on any atom is 0.225 e. The molecular weight excluding hydrogens is 421 g/mol. The van der Waals surface area contributed by atoms with Crippen LogP contribution in [0.3, 0.4) is 0 Å². The fraction of sp³-hybridized carbons (Fsp3) is 0.696. The van der Waals surface area contributed by atoms with Crippen molar-refractivity contribution in [3.05, 3.63) is 35.4 Å². The molecule has 4 rings (SSSR count).